The van der Waals surface area contributed by atoms with E-state index in [1.165, 1.54) is 5.69 Å². The lowest BCUT2D eigenvalue weighted by molar-refractivity contribution is 0.119. The predicted molar refractivity (Wildman–Crippen MR) is 81.1 cm³/mol. The molecule has 0 amide bonds. The Labute approximate surface area is 118 Å². The van der Waals surface area contributed by atoms with Gasteiger partial charge < -0.3 is 10.6 Å². The fourth-order valence-corrected chi connectivity index (χ4v) is 2.76. The smallest absolute Gasteiger partial charge is 0.0378 e. The number of halogens is 1. The number of benzene rings is 1. The molecule has 18 heavy (non-hydrogen) atoms. The lowest BCUT2D eigenvalue weighted by atomic mass is 10.0. The van der Waals surface area contributed by atoms with E-state index in [0.717, 1.165) is 30.7 Å². The molecule has 0 unspecified atom stereocenters. The molecular formula is C14H22BrN3. The van der Waals surface area contributed by atoms with E-state index in [9.17, 15) is 0 Å². The van der Waals surface area contributed by atoms with E-state index < -0.39 is 0 Å². The SMILES string of the molecule is CC(C)(CN)N1CCN(c2cccc(Br)c2)CC1. The molecule has 0 aliphatic carbocycles. The quantitative estimate of drug-likeness (QED) is 0.930. The van der Waals surface area contributed by atoms with Crippen LogP contribution in [0.2, 0.25) is 0 Å². The zero-order valence-electron chi connectivity index (χ0n) is 11.2. The van der Waals surface area contributed by atoms with Crippen molar-refractivity contribution in [1.82, 2.24) is 4.90 Å². The van der Waals surface area contributed by atoms with Crippen LogP contribution in [0.15, 0.2) is 28.7 Å². The Bertz CT molecular complexity index is 398. The van der Waals surface area contributed by atoms with Crippen molar-refractivity contribution in [3.63, 3.8) is 0 Å². The van der Waals surface area contributed by atoms with Crippen LogP contribution in [-0.4, -0.2) is 43.2 Å². The molecule has 0 atom stereocenters. The molecule has 0 bridgehead atoms. The van der Waals surface area contributed by atoms with Crippen LogP contribution >= 0.6 is 15.9 Å². The fourth-order valence-electron chi connectivity index (χ4n) is 2.37. The highest BCUT2D eigenvalue weighted by Gasteiger charge is 2.28. The average Bonchev–Trinajstić information content (AvgIpc) is 2.39. The van der Waals surface area contributed by atoms with Crippen LogP contribution in [0.4, 0.5) is 5.69 Å². The van der Waals surface area contributed by atoms with Crippen LogP contribution in [-0.2, 0) is 0 Å². The molecule has 1 aliphatic heterocycles. The minimum Gasteiger partial charge on any atom is -0.369 e. The summed E-state index contributed by atoms with van der Waals surface area (Å²) in [5.41, 5.74) is 7.26. The van der Waals surface area contributed by atoms with Gasteiger partial charge in [0.25, 0.3) is 0 Å². The highest BCUT2D eigenvalue weighted by Crippen LogP contribution is 2.23. The highest BCUT2D eigenvalue weighted by atomic mass is 79.9. The molecule has 0 aromatic heterocycles. The Balaban J connectivity index is 1.99. The van der Waals surface area contributed by atoms with E-state index in [-0.39, 0.29) is 5.54 Å². The maximum atomic E-state index is 5.84. The van der Waals surface area contributed by atoms with Crippen LogP contribution in [0.25, 0.3) is 0 Å². The lowest BCUT2D eigenvalue weighted by Crippen LogP contribution is -2.57. The Morgan fingerprint density at radius 1 is 1.22 bits per heavy atom. The number of nitrogens with two attached hydrogens (primary N) is 1. The third-order valence-corrected chi connectivity index (χ3v) is 4.30. The van der Waals surface area contributed by atoms with E-state index in [1.54, 1.807) is 0 Å². The van der Waals surface area contributed by atoms with Gasteiger partial charge in [0.2, 0.25) is 0 Å². The summed E-state index contributed by atoms with van der Waals surface area (Å²) in [6.45, 7) is 9.46. The van der Waals surface area contributed by atoms with Gasteiger partial charge >= 0.3 is 0 Å². The standard InChI is InChI=1S/C14H22BrN3/c1-14(2,11-16)18-8-6-17(7-9-18)13-5-3-4-12(15)10-13/h3-5,10H,6-9,11,16H2,1-2H3. The minimum atomic E-state index is 0.114. The van der Waals surface area contributed by atoms with Gasteiger partial charge in [-0.1, -0.05) is 22.0 Å². The summed E-state index contributed by atoms with van der Waals surface area (Å²) in [5, 5.41) is 0. The van der Waals surface area contributed by atoms with Crippen LogP contribution < -0.4 is 10.6 Å². The van der Waals surface area contributed by atoms with Crippen LogP contribution in [0.3, 0.4) is 0 Å². The van der Waals surface area contributed by atoms with Gasteiger partial charge in [0.05, 0.1) is 0 Å². The third kappa shape index (κ3) is 3.05. The van der Waals surface area contributed by atoms with Crippen molar-refractivity contribution < 1.29 is 0 Å². The summed E-state index contributed by atoms with van der Waals surface area (Å²) < 4.78 is 1.14. The van der Waals surface area contributed by atoms with E-state index in [4.69, 9.17) is 5.73 Å². The first-order valence-corrected chi connectivity index (χ1v) is 7.28. The zero-order chi connectivity index (χ0) is 13.2. The van der Waals surface area contributed by atoms with E-state index in [0.29, 0.717) is 6.54 Å². The van der Waals surface area contributed by atoms with Crippen molar-refractivity contribution >= 4 is 21.6 Å². The van der Waals surface area contributed by atoms with E-state index >= 15 is 0 Å². The number of hydrogen-bond acceptors (Lipinski definition) is 3. The Hall–Kier alpha value is -0.580. The monoisotopic (exact) mass is 311 g/mol. The molecule has 0 saturated carbocycles. The molecule has 1 heterocycles. The van der Waals surface area contributed by atoms with Crippen molar-refractivity contribution in [2.75, 3.05) is 37.6 Å². The summed E-state index contributed by atoms with van der Waals surface area (Å²) in [7, 11) is 0. The predicted octanol–water partition coefficient (Wildman–Crippen LogP) is 2.31. The molecule has 100 valence electrons. The van der Waals surface area contributed by atoms with Gasteiger partial charge in [0.1, 0.15) is 0 Å². The first-order valence-electron chi connectivity index (χ1n) is 6.48. The van der Waals surface area contributed by atoms with Gasteiger partial charge in [-0.3, -0.25) is 4.90 Å². The first-order chi connectivity index (χ1) is 8.53. The zero-order valence-corrected chi connectivity index (χ0v) is 12.8. The van der Waals surface area contributed by atoms with Crippen molar-refractivity contribution in [1.29, 1.82) is 0 Å². The summed E-state index contributed by atoms with van der Waals surface area (Å²) >= 11 is 3.53. The largest absolute Gasteiger partial charge is 0.369 e. The summed E-state index contributed by atoms with van der Waals surface area (Å²) in [6.07, 6.45) is 0. The molecule has 1 aliphatic rings. The van der Waals surface area contributed by atoms with Gasteiger partial charge in [-0.25, -0.2) is 0 Å². The summed E-state index contributed by atoms with van der Waals surface area (Å²) in [4.78, 5) is 4.93. The molecule has 2 rings (SSSR count). The minimum absolute atomic E-state index is 0.114. The van der Waals surface area contributed by atoms with Gasteiger partial charge in [-0.05, 0) is 32.0 Å². The normalized spacial score (nSPS) is 18.1. The maximum Gasteiger partial charge on any atom is 0.0378 e. The van der Waals surface area contributed by atoms with E-state index in [2.05, 4.69) is 63.8 Å². The highest BCUT2D eigenvalue weighted by molar-refractivity contribution is 9.10. The number of hydrogen-bond donors (Lipinski definition) is 1. The Morgan fingerprint density at radius 3 is 2.44 bits per heavy atom. The molecule has 3 nitrogen and oxygen atoms in total. The molecule has 0 spiro atoms. The molecule has 1 aromatic rings. The number of rotatable bonds is 3. The topological polar surface area (TPSA) is 32.5 Å². The molecule has 1 fully saturated rings. The summed E-state index contributed by atoms with van der Waals surface area (Å²) in [5.74, 6) is 0. The lowest BCUT2D eigenvalue weighted by Gasteiger charge is -2.44. The van der Waals surface area contributed by atoms with Crippen molar-refractivity contribution in [3.8, 4) is 0 Å². The van der Waals surface area contributed by atoms with Crippen LogP contribution in [0, 0.1) is 0 Å². The molecular weight excluding hydrogens is 290 g/mol. The van der Waals surface area contributed by atoms with Crippen molar-refractivity contribution in [2.45, 2.75) is 19.4 Å². The summed E-state index contributed by atoms with van der Waals surface area (Å²) in [6, 6.07) is 8.52. The van der Waals surface area contributed by atoms with Gasteiger partial charge in [0.15, 0.2) is 0 Å². The molecule has 4 heteroatoms. The number of piperazine rings is 1. The van der Waals surface area contributed by atoms with Crippen LogP contribution in [0.5, 0.6) is 0 Å². The van der Waals surface area contributed by atoms with E-state index in [1.807, 2.05) is 0 Å². The molecule has 1 saturated heterocycles. The van der Waals surface area contributed by atoms with Gasteiger partial charge in [-0.15, -0.1) is 0 Å². The van der Waals surface area contributed by atoms with Gasteiger partial charge in [0, 0.05) is 48.4 Å². The first kappa shape index (κ1) is 13.8. The van der Waals surface area contributed by atoms with Crippen LogP contribution in [0.1, 0.15) is 13.8 Å². The van der Waals surface area contributed by atoms with Crippen molar-refractivity contribution in [3.05, 3.63) is 28.7 Å². The number of anilines is 1. The second kappa shape index (κ2) is 5.59. The number of nitrogens with zero attached hydrogens (tertiary/aromatic N) is 2. The average molecular weight is 312 g/mol. The Kier molecular flexibility index (Phi) is 4.30. The molecule has 1 aromatic carbocycles. The second-order valence-corrected chi connectivity index (χ2v) is 6.39. The molecule has 2 N–H and O–H groups in total. The van der Waals surface area contributed by atoms with Gasteiger partial charge in [-0.2, -0.15) is 0 Å². The third-order valence-electron chi connectivity index (χ3n) is 3.81. The maximum absolute atomic E-state index is 5.84. The molecule has 0 radical (unpaired) electrons. The van der Waals surface area contributed by atoms with Crippen molar-refractivity contribution in [2.24, 2.45) is 5.73 Å². The second-order valence-electron chi connectivity index (χ2n) is 5.47. The Morgan fingerprint density at radius 2 is 1.89 bits per heavy atom. The fraction of sp³-hybridized carbons (Fsp3) is 0.571.